The predicted octanol–water partition coefficient (Wildman–Crippen LogP) is 5.93. The van der Waals surface area contributed by atoms with E-state index in [0.29, 0.717) is 40.5 Å². The van der Waals surface area contributed by atoms with E-state index in [9.17, 15) is 13.5 Å². The van der Waals surface area contributed by atoms with E-state index in [2.05, 4.69) is 5.10 Å². The molecule has 0 aliphatic carbocycles. The summed E-state index contributed by atoms with van der Waals surface area (Å²) >= 11 is 0. The van der Waals surface area contributed by atoms with Crippen molar-refractivity contribution in [1.82, 2.24) is 13.8 Å². The van der Waals surface area contributed by atoms with Gasteiger partial charge in [0.1, 0.15) is 0 Å². The van der Waals surface area contributed by atoms with Crippen LogP contribution in [0.5, 0.6) is 0 Å². The van der Waals surface area contributed by atoms with Crippen molar-refractivity contribution < 1.29 is 17.9 Å². The van der Waals surface area contributed by atoms with Crippen molar-refractivity contribution in [3.8, 4) is 11.3 Å². The molecule has 2 heterocycles. The molecule has 1 N–H and O–H groups in total. The van der Waals surface area contributed by atoms with Crippen molar-refractivity contribution in [2.75, 3.05) is 6.61 Å². The highest BCUT2D eigenvalue weighted by atomic mass is 32.2. The van der Waals surface area contributed by atoms with Gasteiger partial charge < -0.3 is 9.67 Å². The summed E-state index contributed by atoms with van der Waals surface area (Å²) in [6.45, 7) is 2.43. The van der Waals surface area contributed by atoms with E-state index in [4.69, 9.17) is 0 Å². The SMILES string of the molecule is Cc1ccccc1-c1c(F)c2c3cnn(S(=O)(=O)c4ccccc4)c3ccc2n1Cc1ccc(CCO)cc1. The highest BCUT2D eigenvalue weighted by molar-refractivity contribution is 7.90. The number of hydrogen-bond donors (Lipinski definition) is 1. The second-order valence-electron chi connectivity index (χ2n) is 9.55. The molecule has 0 amide bonds. The molecule has 0 spiro atoms. The number of benzene rings is 4. The summed E-state index contributed by atoms with van der Waals surface area (Å²) in [4.78, 5) is 0.110. The molecule has 0 unspecified atom stereocenters. The second kappa shape index (κ2) is 9.80. The summed E-state index contributed by atoms with van der Waals surface area (Å²) in [7, 11) is -3.96. The Morgan fingerprint density at radius 1 is 0.846 bits per heavy atom. The lowest BCUT2D eigenvalue weighted by molar-refractivity contribution is 0.299. The number of aryl methyl sites for hydroxylation is 1. The van der Waals surface area contributed by atoms with Crippen LogP contribution in [0.3, 0.4) is 0 Å². The minimum Gasteiger partial charge on any atom is -0.396 e. The van der Waals surface area contributed by atoms with Crippen LogP contribution in [0, 0.1) is 12.7 Å². The van der Waals surface area contributed by atoms with E-state index >= 15 is 4.39 Å². The van der Waals surface area contributed by atoms with Crippen molar-refractivity contribution in [1.29, 1.82) is 0 Å². The fourth-order valence-corrected chi connectivity index (χ4v) is 6.44. The lowest BCUT2D eigenvalue weighted by Gasteiger charge is -2.13. The lowest BCUT2D eigenvalue weighted by atomic mass is 10.0. The first-order chi connectivity index (χ1) is 18.9. The second-order valence-corrected chi connectivity index (χ2v) is 11.3. The molecule has 39 heavy (non-hydrogen) atoms. The maximum absolute atomic E-state index is 16.5. The van der Waals surface area contributed by atoms with Crippen molar-refractivity contribution in [3.05, 3.63) is 120 Å². The number of hydrogen-bond acceptors (Lipinski definition) is 4. The molecule has 6 rings (SSSR count). The Hall–Kier alpha value is -4.27. The maximum atomic E-state index is 16.5. The Labute approximate surface area is 225 Å². The van der Waals surface area contributed by atoms with Gasteiger partial charge in [-0.05, 0) is 54.3 Å². The van der Waals surface area contributed by atoms with Gasteiger partial charge in [0.25, 0.3) is 10.0 Å². The van der Waals surface area contributed by atoms with Crippen LogP contribution in [0.15, 0.2) is 102 Å². The van der Waals surface area contributed by atoms with Gasteiger partial charge in [0.2, 0.25) is 0 Å². The summed E-state index contributed by atoms with van der Waals surface area (Å²) in [5.41, 5.74) is 5.09. The number of aliphatic hydroxyl groups is 1. The largest absolute Gasteiger partial charge is 0.396 e. The number of aliphatic hydroxyl groups excluding tert-OH is 1. The van der Waals surface area contributed by atoms with E-state index in [1.54, 1.807) is 30.3 Å². The Balaban J connectivity index is 1.58. The zero-order chi connectivity index (χ0) is 27.1. The van der Waals surface area contributed by atoms with Gasteiger partial charge in [0, 0.05) is 29.5 Å². The molecule has 0 bridgehead atoms. The Morgan fingerprint density at radius 3 is 2.23 bits per heavy atom. The molecule has 0 aliphatic rings. The summed E-state index contributed by atoms with van der Waals surface area (Å²) < 4.78 is 46.2. The van der Waals surface area contributed by atoms with E-state index in [1.165, 1.54) is 18.3 Å². The summed E-state index contributed by atoms with van der Waals surface area (Å²) in [5, 5.41) is 14.2. The van der Waals surface area contributed by atoms with Crippen molar-refractivity contribution in [2.45, 2.75) is 24.8 Å². The van der Waals surface area contributed by atoms with E-state index in [1.807, 2.05) is 60.0 Å². The first kappa shape index (κ1) is 25.0. The monoisotopic (exact) mass is 539 g/mol. The minimum absolute atomic E-state index is 0.0773. The van der Waals surface area contributed by atoms with Gasteiger partial charge in [-0.1, -0.05) is 66.7 Å². The summed E-state index contributed by atoms with van der Waals surface area (Å²) in [6, 6.07) is 27.1. The van der Waals surface area contributed by atoms with Crippen LogP contribution < -0.4 is 0 Å². The van der Waals surface area contributed by atoms with E-state index in [0.717, 1.165) is 26.3 Å². The van der Waals surface area contributed by atoms with Gasteiger partial charge in [0.15, 0.2) is 5.82 Å². The quantitative estimate of drug-likeness (QED) is 0.273. The van der Waals surface area contributed by atoms with Crippen molar-refractivity contribution in [2.24, 2.45) is 0 Å². The molecule has 0 saturated heterocycles. The summed E-state index contributed by atoms with van der Waals surface area (Å²) in [6.07, 6.45) is 2.00. The van der Waals surface area contributed by atoms with Gasteiger partial charge >= 0.3 is 0 Å². The van der Waals surface area contributed by atoms with Crippen LogP contribution in [0.2, 0.25) is 0 Å². The summed E-state index contributed by atoms with van der Waals surface area (Å²) in [5.74, 6) is -0.418. The standard InChI is InChI=1S/C31H26FN3O3S/c1-21-7-5-6-10-25(21)31-30(32)29-26-19-33-35(39(37,38)24-8-3-2-4-9-24)27(26)15-16-28(29)34(31)20-23-13-11-22(12-14-23)17-18-36/h2-16,19,36H,17-18,20H2,1H3. The topological polar surface area (TPSA) is 77.1 Å². The highest BCUT2D eigenvalue weighted by Crippen LogP contribution is 2.38. The third-order valence-electron chi connectivity index (χ3n) is 7.12. The zero-order valence-electron chi connectivity index (χ0n) is 21.3. The molecule has 0 radical (unpaired) electrons. The van der Waals surface area contributed by atoms with Crippen LogP contribution in [-0.4, -0.2) is 33.9 Å². The molecule has 6 nitrogen and oxygen atoms in total. The van der Waals surface area contributed by atoms with Crippen molar-refractivity contribution in [3.63, 3.8) is 0 Å². The molecule has 0 fully saturated rings. The van der Waals surface area contributed by atoms with Crippen LogP contribution >= 0.6 is 0 Å². The van der Waals surface area contributed by atoms with Gasteiger partial charge in [-0.15, -0.1) is 0 Å². The number of aromatic nitrogens is 3. The third kappa shape index (κ3) is 4.22. The number of fused-ring (bicyclic) bond motifs is 3. The first-order valence-electron chi connectivity index (χ1n) is 12.6. The molecule has 2 aromatic heterocycles. The van der Waals surface area contributed by atoms with E-state index < -0.39 is 15.8 Å². The Kier molecular flexibility index (Phi) is 6.29. The van der Waals surface area contributed by atoms with Crippen LogP contribution in [-0.2, 0) is 23.0 Å². The minimum atomic E-state index is -3.96. The smallest absolute Gasteiger partial charge is 0.283 e. The van der Waals surface area contributed by atoms with Gasteiger partial charge in [-0.3, -0.25) is 0 Å². The fraction of sp³-hybridized carbons (Fsp3) is 0.129. The molecule has 0 aliphatic heterocycles. The number of rotatable bonds is 7. The molecule has 196 valence electrons. The average molecular weight is 540 g/mol. The lowest BCUT2D eigenvalue weighted by Crippen LogP contribution is -2.14. The molecular weight excluding hydrogens is 513 g/mol. The fourth-order valence-electron chi connectivity index (χ4n) is 5.15. The first-order valence-corrected chi connectivity index (χ1v) is 14.1. The Bertz CT molecular complexity index is 1930. The van der Waals surface area contributed by atoms with Gasteiger partial charge in [-0.2, -0.15) is 17.6 Å². The van der Waals surface area contributed by atoms with Crippen LogP contribution in [0.4, 0.5) is 4.39 Å². The molecular formula is C31H26FN3O3S. The van der Waals surface area contributed by atoms with Crippen molar-refractivity contribution >= 4 is 31.8 Å². The molecule has 6 aromatic rings. The van der Waals surface area contributed by atoms with Gasteiger partial charge in [-0.25, -0.2) is 4.39 Å². The predicted molar refractivity (Wildman–Crippen MR) is 151 cm³/mol. The zero-order valence-corrected chi connectivity index (χ0v) is 22.1. The maximum Gasteiger partial charge on any atom is 0.283 e. The number of halogens is 1. The van der Waals surface area contributed by atoms with Gasteiger partial charge in [0.05, 0.1) is 27.8 Å². The molecule has 0 saturated carbocycles. The molecule has 8 heteroatoms. The molecule has 4 aromatic carbocycles. The van der Waals surface area contributed by atoms with Crippen LogP contribution in [0.1, 0.15) is 16.7 Å². The average Bonchev–Trinajstić information content (AvgIpc) is 3.50. The Morgan fingerprint density at radius 2 is 1.51 bits per heavy atom. The third-order valence-corrected chi connectivity index (χ3v) is 8.73. The number of nitrogens with zero attached hydrogens (tertiary/aromatic N) is 3. The van der Waals surface area contributed by atoms with E-state index in [-0.39, 0.29) is 11.5 Å². The highest BCUT2D eigenvalue weighted by Gasteiger charge is 2.26. The normalized spacial score (nSPS) is 12.0. The van der Waals surface area contributed by atoms with Crippen LogP contribution in [0.25, 0.3) is 33.1 Å². The molecule has 0 atom stereocenters.